The second-order valence-corrected chi connectivity index (χ2v) is 6.02. The lowest BCUT2D eigenvalue weighted by Gasteiger charge is -2.17. The second kappa shape index (κ2) is 6.91. The zero-order chi connectivity index (χ0) is 15.4. The van der Waals surface area contributed by atoms with Gasteiger partial charge in [-0.15, -0.1) is 0 Å². The fraction of sp³-hybridized carbons (Fsp3) is 0.562. The van der Waals surface area contributed by atoms with Gasteiger partial charge in [-0.05, 0) is 37.0 Å². The number of carbonyl (C=O) groups is 1. The van der Waals surface area contributed by atoms with Gasteiger partial charge in [0, 0.05) is 6.04 Å². The molecule has 1 aliphatic rings. The molecule has 0 aromatic heterocycles. The van der Waals surface area contributed by atoms with Crippen molar-refractivity contribution in [1.29, 1.82) is 0 Å². The Morgan fingerprint density at radius 1 is 1.29 bits per heavy atom. The van der Waals surface area contributed by atoms with E-state index in [-0.39, 0.29) is 12.1 Å². The van der Waals surface area contributed by atoms with Crippen LogP contribution in [0.25, 0.3) is 0 Å². The highest BCUT2D eigenvalue weighted by Gasteiger charge is 2.39. The second-order valence-electron chi connectivity index (χ2n) is 6.02. The van der Waals surface area contributed by atoms with E-state index in [1.54, 1.807) is 0 Å². The highest BCUT2D eigenvalue weighted by Crippen LogP contribution is 2.30. The van der Waals surface area contributed by atoms with Gasteiger partial charge in [0.1, 0.15) is 5.75 Å². The Balaban J connectivity index is 2.00. The van der Waals surface area contributed by atoms with E-state index in [1.807, 2.05) is 31.2 Å². The molecule has 0 bridgehead atoms. The summed E-state index contributed by atoms with van der Waals surface area (Å²) in [5, 5.41) is 9.33. The van der Waals surface area contributed by atoms with Gasteiger partial charge in [0.05, 0.1) is 18.6 Å². The average Bonchev–Trinajstić information content (AvgIpc) is 2.81. The third kappa shape index (κ3) is 3.95. The highest BCUT2D eigenvalue weighted by molar-refractivity contribution is 5.72. The van der Waals surface area contributed by atoms with Crippen LogP contribution in [0, 0.1) is 11.8 Å². The molecule has 5 nitrogen and oxygen atoms in total. The number of hydrogen-bond acceptors (Lipinski definition) is 4. The number of aliphatic carboxylic acids is 1. The summed E-state index contributed by atoms with van der Waals surface area (Å²) in [5.74, 6) is 0.182. The van der Waals surface area contributed by atoms with Gasteiger partial charge in [-0.25, -0.2) is 5.43 Å². The summed E-state index contributed by atoms with van der Waals surface area (Å²) in [4.78, 5) is 11.4. The van der Waals surface area contributed by atoms with Crippen molar-refractivity contribution in [1.82, 2.24) is 10.9 Å². The summed E-state index contributed by atoms with van der Waals surface area (Å²) in [7, 11) is 0. The van der Waals surface area contributed by atoms with Crippen molar-refractivity contribution in [2.45, 2.75) is 39.3 Å². The molecule has 1 aromatic carbocycles. The van der Waals surface area contributed by atoms with Crippen LogP contribution >= 0.6 is 0 Å². The standard InChI is InChI=1S/C16H24N2O3/c1-10(2)8-9-21-13-6-4-12(5-7-13)15-14(16(19)20)11(3)17-18-15/h4-7,10-11,14-15,17-18H,8-9H2,1-3H3,(H,19,20). The maximum atomic E-state index is 11.4. The average molecular weight is 292 g/mol. The van der Waals surface area contributed by atoms with Crippen molar-refractivity contribution in [3.63, 3.8) is 0 Å². The minimum atomic E-state index is -0.790. The third-order valence-corrected chi connectivity index (χ3v) is 3.85. The molecule has 0 spiro atoms. The summed E-state index contributed by atoms with van der Waals surface area (Å²) >= 11 is 0. The fourth-order valence-electron chi connectivity index (χ4n) is 2.52. The number of carboxylic acids is 1. The predicted octanol–water partition coefficient (Wildman–Crippen LogP) is 2.35. The van der Waals surface area contributed by atoms with Crippen LogP contribution in [0.4, 0.5) is 0 Å². The lowest BCUT2D eigenvalue weighted by Crippen LogP contribution is -2.30. The van der Waals surface area contributed by atoms with Gasteiger partial charge in [-0.1, -0.05) is 26.0 Å². The van der Waals surface area contributed by atoms with Crippen molar-refractivity contribution < 1.29 is 14.6 Å². The first-order chi connectivity index (χ1) is 9.99. The Labute approximate surface area is 125 Å². The molecule has 0 amide bonds. The largest absolute Gasteiger partial charge is 0.494 e. The SMILES string of the molecule is CC(C)CCOc1ccc(C2NNC(C)C2C(=O)O)cc1. The Kier molecular flexibility index (Phi) is 5.20. The number of ether oxygens (including phenoxy) is 1. The van der Waals surface area contributed by atoms with Crippen molar-refractivity contribution in [2.75, 3.05) is 6.61 Å². The van der Waals surface area contributed by atoms with E-state index in [2.05, 4.69) is 24.7 Å². The minimum absolute atomic E-state index is 0.102. The van der Waals surface area contributed by atoms with Gasteiger partial charge < -0.3 is 9.84 Å². The normalized spacial score (nSPS) is 25.2. The smallest absolute Gasteiger partial charge is 0.310 e. The molecule has 3 N–H and O–H groups in total. The molecule has 3 atom stereocenters. The summed E-state index contributed by atoms with van der Waals surface area (Å²) in [6, 6.07) is 7.34. The number of nitrogens with one attached hydrogen (secondary N) is 2. The Morgan fingerprint density at radius 2 is 1.95 bits per heavy atom. The van der Waals surface area contributed by atoms with E-state index in [0.29, 0.717) is 12.5 Å². The van der Waals surface area contributed by atoms with Crippen LogP contribution in [-0.2, 0) is 4.79 Å². The molecule has 21 heavy (non-hydrogen) atoms. The van der Waals surface area contributed by atoms with Gasteiger partial charge in [-0.2, -0.15) is 0 Å². The van der Waals surface area contributed by atoms with Gasteiger partial charge in [0.25, 0.3) is 0 Å². The molecule has 1 fully saturated rings. The number of hydrogen-bond donors (Lipinski definition) is 3. The van der Waals surface area contributed by atoms with Crippen molar-refractivity contribution in [3.8, 4) is 5.75 Å². The van der Waals surface area contributed by atoms with Crippen LogP contribution in [0.15, 0.2) is 24.3 Å². The summed E-state index contributed by atoms with van der Waals surface area (Å²) in [6.07, 6.45) is 1.02. The van der Waals surface area contributed by atoms with Gasteiger partial charge in [-0.3, -0.25) is 10.2 Å². The molecule has 0 radical (unpaired) electrons. The monoisotopic (exact) mass is 292 g/mol. The maximum Gasteiger partial charge on any atom is 0.310 e. The zero-order valence-corrected chi connectivity index (χ0v) is 12.8. The first-order valence-corrected chi connectivity index (χ1v) is 7.45. The molecule has 1 aliphatic heterocycles. The fourth-order valence-corrected chi connectivity index (χ4v) is 2.52. The molecule has 1 heterocycles. The van der Waals surface area contributed by atoms with E-state index < -0.39 is 11.9 Å². The number of hydrazine groups is 1. The minimum Gasteiger partial charge on any atom is -0.494 e. The number of carboxylic acid groups (broad SMARTS) is 1. The first kappa shape index (κ1) is 15.8. The Bertz CT molecular complexity index is 473. The molecule has 1 saturated heterocycles. The van der Waals surface area contributed by atoms with E-state index in [9.17, 15) is 9.90 Å². The predicted molar refractivity (Wildman–Crippen MR) is 81.0 cm³/mol. The van der Waals surface area contributed by atoms with Crippen LogP contribution in [0.5, 0.6) is 5.75 Å². The van der Waals surface area contributed by atoms with Crippen LogP contribution in [-0.4, -0.2) is 23.7 Å². The lowest BCUT2D eigenvalue weighted by atomic mass is 9.90. The quantitative estimate of drug-likeness (QED) is 0.751. The zero-order valence-electron chi connectivity index (χ0n) is 12.8. The molecule has 0 saturated carbocycles. The molecular formula is C16H24N2O3. The van der Waals surface area contributed by atoms with Gasteiger partial charge in [0.15, 0.2) is 0 Å². The van der Waals surface area contributed by atoms with Crippen molar-refractivity contribution in [3.05, 3.63) is 29.8 Å². The van der Waals surface area contributed by atoms with Crippen molar-refractivity contribution in [2.24, 2.45) is 11.8 Å². The van der Waals surface area contributed by atoms with Crippen LogP contribution in [0.3, 0.4) is 0 Å². The molecule has 3 unspecified atom stereocenters. The number of rotatable bonds is 6. The summed E-state index contributed by atoms with van der Waals surface area (Å²) in [5.41, 5.74) is 7.01. The molecule has 1 aromatic rings. The topological polar surface area (TPSA) is 70.6 Å². The van der Waals surface area contributed by atoms with E-state index >= 15 is 0 Å². The van der Waals surface area contributed by atoms with Gasteiger partial charge >= 0.3 is 5.97 Å². The van der Waals surface area contributed by atoms with Crippen molar-refractivity contribution >= 4 is 5.97 Å². The van der Waals surface area contributed by atoms with Crippen LogP contribution in [0.1, 0.15) is 38.8 Å². The molecule has 0 aliphatic carbocycles. The summed E-state index contributed by atoms with van der Waals surface area (Å²) in [6.45, 7) is 6.90. The number of benzene rings is 1. The first-order valence-electron chi connectivity index (χ1n) is 7.45. The molecular weight excluding hydrogens is 268 g/mol. The molecule has 5 heteroatoms. The Hall–Kier alpha value is -1.59. The highest BCUT2D eigenvalue weighted by atomic mass is 16.5. The Morgan fingerprint density at radius 3 is 2.52 bits per heavy atom. The van der Waals surface area contributed by atoms with E-state index in [0.717, 1.165) is 17.7 Å². The van der Waals surface area contributed by atoms with Crippen LogP contribution in [0.2, 0.25) is 0 Å². The summed E-state index contributed by atoms with van der Waals surface area (Å²) < 4.78 is 5.68. The van der Waals surface area contributed by atoms with E-state index in [1.165, 1.54) is 0 Å². The van der Waals surface area contributed by atoms with Crippen LogP contribution < -0.4 is 15.6 Å². The maximum absolute atomic E-state index is 11.4. The molecule has 116 valence electrons. The lowest BCUT2D eigenvalue weighted by molar-refractivity contribution is -0.142. The van der Waals surface area contributed by atoms with E-state index in [4.69, 9.17) is 4.74 Å². The molecule has 2 rings (SSSR count). The van der Waals surface area contributed by atoms with Gasteiger partial charge in [0.2, 0.25) is 0 Å². The third-order valence-electron chi connectivity index (χ3n) is 3.85.